The molecule has 0 bridgehead atoms. The van der Waals surface area contributed by atoms with Crippen LogP contribution in [0.15, 0.2) is 0 Å². The van der Waals surface area contributed by atoms with Crippen LogP contribution in [-0.2, 0) is 4.79 Å². The second kappa shape index (κ2) is 8.06. The van der Waals surface area contributed by atoms with E-state index in [2.05, 4.69) is 0 Å². The first-order chi connectivity index (χ1) is 7.49. The summed E-state index contributed by atoms with van der Waals surface area (Å²) in [6.07, 6.45) is 2.60. The predicted octanol–water partition coefficient (Wildman–Crippen LogP) is -0.336. The van der Waals surface area contributed by atoms with Gasteiger partial charge in [0.25, 0.3) is 0 Å². The van der Waals surface area contributed by atoms with Gasteiger partial charge in [-0.2, -0.15) is 0 Å². The molecule has 0 saturated carbocycles. The average Bonchev–Trinajstić information content (AvgIpc) is 2.22. The molecule has 0 fully saturated rings. The Labute approximate surface area is 95.8 Å². The number of primary amides is 1. The topological polar surface area (TPSA) is 95.7 Å². The first-order valence-electron chi connectivity index (χ1n) is 5.40. The van der Waals surface area contributed by atoms with E-state index in [0.29, 0.717) is 0 Å². The van der Waals surface area contributed by atoms with Crippen molar-refractivity contribution in [2.75, 3.05) is 20.2 Å². The van der Waals surface area contributed by atoms with Gasteiger partial charge in [-0.1, -0.05) is 0 Å². The van der Waals surface area contributed by atoms with E-state index in [0.717, 1.165) is 25.8 Å². The van der Waals surface area contributed by atoms with Crippen LogP contribution in [0, 0.1) is 0 Å². The maximum atomic E-state index is 11.4. The molecule has 0 radical (unpaired) electrons. The molecule has 0 saturated heterocycles. The number of rotatable bonds is 7. The Bertz CT molecular complexity index is 233. The molecule has 0 aliphatic heterocycles. The molecule has 1 atom stereocenters. The number of hydrogen-bond acceptors (Lipinski definition) is 4. The van der Waals surface area contributed by atoms with E-state index in [4.69, 9.17) is 10.8 Å². The van der Waals surface area contributed by atoms with Gasteiger partial charge in [-0.05, 0) is 39.8 Å². The Kier molecular flexibility index (Phi) is 7.49. The lowest BCUT2D eigenvalue weighted by Gasteiger charge is -2.22. The highest BCUT2D eigenvalue weighted by atomic mass is 16.3. The summed E-state index contributed by atoms with van der Waals surface area (Å²) in [5.41, 5.74) is 4.85. The summed E-state index contributed by atoms with van der Waals surface area (Å²) in [5, 5.41) is 10.6. The Morgan fingerprint density at radius 3 is 2.50 bits per heavy atom. The molecule has 3 amide bonds. The van der Waals surface area contributed by atoms with Gasteiger partial charge in [-0.15, -0.1) is 0 Å². The minimum Gasteiger partial charge on any atom is -0.396 e. The minimum atomic E-state index is -0.828. The number of nitrogens with one attached hydrogen (secondary N) is 1. The van der Waals surface area contributed by atoms with E-state index in [9.17, 15) is 9.59 Å². The van der Waals surface area contributed by atoms with Crippen molar-refractivity contribution in [3.8, 4) is 0 Å². The molecule has 0 heterocycles. The molecule has 0 rings (SSSR count). The number of imide groups is 1. The number of carbonyl (C=O) groups excluding carboxylic acids is 2. The monoisotopic (exact) mass is 231 g/mol. The van der Waals surface area contributed by atoms with Gasteiger partial charge in [0.2, 0.25) is 5.91 Å². The van der Waals surface area contributed by atoms with E-state index in [1.165, 1.54) is 0 Å². The van der Waals surface area contributed by atoms with E-state index in [1.54, 1.807) is 6.92 Å². The summed E-state index contributed by atoms with van der Waals surface area (Å²) in [5.74, 6) is -0.392. The number of aliphatic hydroxyl groups is 1. The number of carbonyl (C=O) groups is 2. The molecule has 1 unspecified atom stereocenters. The van der Waals surface area contributed by atoms with E-state index < -0.39 is 11.9 Å². The van der Waals surface area contributed by atoms with Crippen LogP contribution in [0.3, 0.4) is 0 Å². The summed E-state index contributed by atoms with van der Waals surface area (Å²) in [6, 6.07) is -1.22. The fourth-order valence-corrected chi connectivity index (χ4v) is 1.27. The van der Waals surface area contributed by atoms with Gasteiger partial charge >= 0.3 is 6.03 Å². The number of hydrogen-bond donors (Lipinski definition) is 3. The molecule has 0 aromatic carbocycles. The smallest absolute Gasteiger partial charge is 0.318 e. The van der Waals surface area contributed by atoms with Crippen LogP contribution in [0.25, 0.3) is 0 Å². The number of nitrogens with two attached hydrogens (primary N) is 1. The van der Waals surface area contributed by atoms with Crippen LogP contribution in [-0.4, -0.2) is 48.2 Å². The molecule has 6 nitrogen and oxygen atoms in total. The normalized spacial score (nSPS) is 12.5. The molecule has 0 aromatic heterocycles. The molecule has 4 N–H and O–H groups in total. The number of urea groups is 1. The predicted molar refractivity (Wildman–Crippen MR) is 60.8 cm³/mol. The second-order valence-corrected chi connectivity index (χ2v) is 3.79. The number of unbranched alkanes of at least 4 members (excludes halogenated alkanes) is 2. The Morgan fingerprint density at radius 2 is 2.00 bits per heavy atom. The van der Waals surface area contributed by atoms with Crippen molar-refractivity contribution in [3.63, 3.8) is 0 Å². The summed E-state index contributed by atoms with van der Waals surface area (Å²) >= 11 is 0. The third-order valence-electron chi connectivity index (χ3n) is 2.46. The lowest BCUT2D eigenvalue weighted by Crippen LogP contribution is -2.47. The van der Waals surface area contributed by atoms with Gasteiger partial charge in [0.1, 0.15) is 0 Å². The average molecular weight is 231 g/mol. The highest BCUT2D eigenvalue weighted by Crippen LogP contribution is 2.01. The molecule has 6 heteroatoms. The van der Waals surface area contributed by atoms with Crippen LogP contribution < -0.4 is 11.1 Å². The fourth-order valence-electron chi connectivity index (χ4n) is 1.27. The van der Waals surface area contributed by atoms with Gasteiger partial charge in [-0.3, -0.25) is 15.0 Å². The standard InChI is InChI=1S/C10H21N3O3/c1-8(9(15)12-10(11)16)13(2)6-4-3-5-7-14/h8,14H,3-7H2,1-2H3,(H3,11,12,15,16). The number of likely N-dealkylation sites (N-methyl/N-ethyl adjacent to an activating group) is 1. The highest BCUT2D eigenvalue weighted by molar-refractivity contribution is 5.96. The largest absolute Gasteiger partial charge is 0.396 e. The molecular formula is C10H21N3O3. The van der Waals surface area contributed by atoms with Gasteiger partial charge in [-0.25, -0.2) is 4.79 Å². The van der Waals surface area contributed by atoms with Crippen molar-refractivity contribution in [1.82, 2.24) is 10.2 Å². The van der Waals surface area contributed by atoms with Crippen molar-refractivity contribution in [2.24, 2.45) is 5.73 Å². The Balaban J connectivity index is 3.83. The van der Waals surface area contributed by atoms with Crippen molar-refractivity contribution in [2.45, 2.75) is 32.2 Å². The molecule has 0 aliphatic carbocycles. The second-order valence-electron chi connectivity index (χ2n) is 3.79. The van der Waals surface area contributed by atoms with Crippen molar-refractivity contribution >= 4 is 11.9 Å². The Hall–Kier alpha value is -1.14. The quantitative estimate of drug-likeness (QED) is 0.522. The van der Waals surface area contributed by atoms with Crippen molar-refractivity contribution in [1.29, 1.82) is 0 Å². The van der Waals surface area contributed by atoms with Crippen LogP contribution in [0.5, 0.6) is 0 Å². The van der Waals surface area contributed by atoms with E-state index >= 15 is 0 Å². The summed E-state index contributed by atoms with van der Waals surface area (Å²) in [7, 11) is 1.81. The molecule has 0 aliphatic rings. The molecule has 16 heavy (non-hydrogen) atoms. The zero-order valence-corrected chi connectivity index (χ0v) is 9.90. The highest BCUT2D eigenvalue weighted by Gasteiger charge is 2.18. The van der Waals surface area contributed by atoms with Gasteiger partial charge in [0.15, 0.2) is 0 Å². The third kappa shape index (κ3) is 6.36. The number of nitrogens with zero attached hydrogens (tertiary/aromatic N) is 1. The fraction of sp³-hybridized carbons (Fsp3) is 0.800. The third-order valence-corrected chi connectivity index (χ3v) is 2.46. The van der Waals surface area contributed by atoms with Crippen LogP contribution in [0.2, 0.25) is 0 Å². The summed E-state index contributed by atoms with van der Waals surface area (Å²) in [6.45, 7) is 2.65. The first kappa shape index (κ1) is 14.9. The zero-order chi connectivity index (χ0) is 12.6. The van der Waals surface area contributed by atoms with Crippen LogP contribution in [0.1, 0.15) is 26.2 Å². The SMILES string of the molecule is CC(C(=O)NC(N)=O)N(C)CCCCCO. The lowest BCUT2D eigenvalue weighted by molar-refractivity contribution is -0.124. The minimum absolute atomic E-state index is 0.196. The van der Waals surface area contributed by atoms with Gasteiger partial charge < -0.3 is 10.8 Å². The first-order valence-corrected chi connectivity index (χ1v) is 5.40. The lowest BCUT2D eigenvalue weighted by atomic mass is 10.2. The maximum Gasteiger partial charge on any atom is 0.318 e. The van der Waals surface area contributed by atoms with Crippen LogP contribution >= 0.6 is 0 Å². The van der Waals surface area contributed by atoms with E-state index in [-0.39, 0.29) is 12.6 Å². The summed E-state index contributed by atoms with van der Waals surface area (Å²) in [4.78, 5) is 23.7. The van der Waals surface area contributed by atoms with Gasteiger partial charge in [0.05, 0.1) is 6.04 Å². The van der Waals surface area contributed by atoms with Crippen molar-refractivity contribution < 1.29 is 14.7 Å². The van der Waals surface area contributed by atoms with Gasteiger partial charge in [0, 0.05) is 6.61 Å². The molecule has 0 aromatic rings. The van der Waals surface area contributed by atoms with Crippen LogP contribution in [0.4, 0.5) is 4.79 Å². The van der Waals surface area contributed by atoms with E-state index in [1.807, 2.05) is 17.3 Å². The summed E-state index contributed by atoms with van der Waals surface area (Å²) < 4.78 is 0. The molecule has 94 valence electrons. The Morgan fingerprint density at radius 1 is 1.38 bits per heavy atom. The number of aliphatic hydroxyl groups excluding tert-OH is 1. The zero-order valence-electron chi connectivity index (χ0n) is 9.90. The maximum absolute atomic E-state index is 11.4. The molecule has 0 spiro atoms. The number of amides is 3. The van der Waals surface area contributed by atoms with Crippen molar-refractivity contribution in [3.05, 3.63) is 0 Å². The molecular weight excluding hydrogens is 210 g/mol.